The monoisotopic (exact) mass is 362 g/mol. The van der Waals surface area contributed by atoms with Crippen LogP contribution in [0.15, 0.2) is 46.6 Å². The molecule has 2 aliphatic rings. The Balaban J connectivity index is 2.37. The average Bonchev–Trinajstić information content (AvgIpc) is 3.25. The van der Waals surface area contributed by atoms with E-state index in [4.69, 9.17) is 0 Å². The molecular formula is C22H36P2. The first-order valence-electron chi connectivity index (χ1n) is 9.86. The molecule has 0 aliphatic heterocycles. The van der Waals surface area contributed by atoms with Gasteiger partial charge in [0.1, 0.15) is 0 Å². The molecule has 0 radical (unpaired) electrons. The van der Waals surface area contributed by atoms with Crippen LogP contribution in [0.25, 0.3) is 0 Å². The van der Waals surface area contributed by atoms with E-state index >= 15 is 0 Å². The molecule has 0 nitrogen and oxygen atoms in total. The van der Waals surface area contributed by atoms with Crippen LogP contribution in [0.3, 0.4) is 0 Å². The number of hydrogen-bond acceptors (Lipinski definition) is 0. The predicted octanol–water partition coefficient (Wildman–Crippen LogP) is 7.32. The normalized spacial score (nSPS) is 20.2. The molecule has 134 valence electrons. The third-order valence-electron chi connectivity index (χ3n) is 5.92. The molecule has 0 spiro atoms. The molecule has 0 fully saturated rings. The summed E-state index contributed by atoms with van der Waals surface area (Å²) in [5.74, 6) is 0. The van der Waals surface area contributed by atoms with Crippen LogP contribution < -0.4 is 0 Å². The zero-order valence-electron chi connectivity index (χ0n) is 16.6. The summed E-state index contributed by atoms with van der Waals surface area (Å²) >= 11 is 0. The van der Waals surface area contributed by atoms with Crippen LogP contribution in [0, 0.1) is 0 Å². The Morgan fingerprint density at radius 3 is 1.33 bits per heavy atom. The molecule has 0 aromatic rings. The zero-order chi connectivity index (χ0) is 17.7. The van der Waals surface area contributed by atoms with Crippen molar-refractivity contribution in [3.63, 3.8) is 0 Å². The zero-order valence-corrected chi connectivity index (χ0v) is 18.4. The van der Waals surface area contributed by atoms with E-state index in [1.165, 1.54) is 37.5 Å². The topological polar surface area (TPSA) is 0 Å². The van der Waals surface area contributed by atoms with Crippen molar-refractivity contribution in [3.8, 4) is 0 Å². The van der Waals surface area contributed by atoms with Crippen LogP contribution in [0.5, 0.6) is 0 Å². The summed E-state index contributed by atoms with van der Waals surface area (Å²) in [5.41, 5.74) is 8.23. The Kier molecular flexibility index (Phi) is 7.97. The van der Waals surface area contributed by atoms with E-state index in [1.807, 2.05) is 0 Å². The molecule has 0 aromatic heterocycles. The molecule has 0 unspecified atom stereocenters. The smallest absolute Gasteiger partial charge is 0.00161 e. The summed E-state index contributed by atoms with van der Waals surface area (Å²) in [4.78, 5) is 0. The van der Waals surface area contributed by atoms with Crippen LogP contribution in [-0.4, -0.2) is 36.0 Å². The van der Waals surface area contributed by atoms with E-state index in [0.717, 1.165) is 11.3 Å². The van der Waals surface area contributed by atoms with E-state index in [9.17, 15) is 0 Å². The second-order valence-electron chi connectivity index (χ2n) is 6.88. The number of rotatable bonds is 9. The standard InChI is InChI=1S/C22H36P2/c1-7-23(8-2)17(5)19-13-11-15-21(19)22-16-12-14-20(22)18(6)24(9-3)10-4/h11-14,17-18H,7-10,15-16H2,1-6H3/t17-,18-/m1/s1. The summed E-state index contributed by atoms with van der Waals surface area (Å²) < 4.78 is 0. The van der Waals surface area contributed by atoms with Crippen LogP contribution in [0.4, 0.5) is 0 Å². The van der Waals surface area contributed by atoms with Crippen molar-refractivity contribution in [1.82, 2.24) is 0 Å². The molecule has 2 heteroatoms. The molecule has 0 bridgehead atoms. The summed E-state index contributed by atoms with van der Waals surface area (Å²) in [6, 6.07) is 0. The van der Waals surface area contributed by atoms with Crippen molar-refractivity contribution in [2.75, 3.05) is 24.6 Å². The Hall–Kier alpha value is -0.180. The summed E-state index contributed by atoms with van der Waals surface area (Å²) in [6.45, 7) is 14.5. The quantitative estimate of drug-likeness (QED) is 0.377. The van der Waals surface area contributed by atoms with Crippen molar-refractivity contribution >= 4 is 15.8 Å². The minimum absolute atomic E-state index is 0.134. The molecule has 0 amide bonds. The van der Waals surface area contributed by atoms with Gasteiger partial charge in [0.25, 0.3) is 0 Å². The highest BCUT2D eigenvalue weighted by atomic mass is 31.1. The van der Waals surface area contributed by atoms with Gasteiger partial charge >= 0.3 is 0 Å². The average molecular weight is 362 g/mol. The molecule has 0 heterocycles. The predicted molar refractivity (Wildman–Crippen MR) is 116 cm³/mol. The molecule has 2 atom stereocenters. The van der Waals surface area contributed by atoms with Gasteiger partial charge < -0.3 is 0 Å². The van der Waals surface area contributed by atoms with Gasteiger partial charge in [-0.15, -0.1) is 0 Å². The highest BCUT2D eigenvalue weighted by Crippen LogP contribution is 2.50. The van der Waals surface area contributed by atoms with Crippen LogP contribution in [0.2, 0.25) is 0 Å². The van der Waals surface area contributed by atoms with Gasteiger partial charge in [-0.1, -0.05) is 81.7 Å². The van der Waals surface area contributed by atoms with Gasteiger partial charge in [0.05, 0.1) is 0 Å². The minimum atomic E-state index is 0.134. The van der Waals surface area contributed by atoms with Gasteiger partial charge in [-0.2, -0.15) is 0 Å². The van der Waals surface area contributed by atoms with Gasteiger partial charge in [-0.05, 0) is 59.8 Å². The van der Waals surface area contributed by atoms with Gasteiger partial charge in [0, 0.05) is 11.3 Å². The highest BCUT2D eigenvalue weighted by molar-refractivity contribution is 7.58. The second kappa shape index (κ2) is 9.50. The molecule has 24 heavy (non-hydrogen) atoms. The SMILES string of the molecule is CCP(CC)[C@H](C)C1=C(C2=C([C@@H](C)P(CC)CC)C=CC2)CC=C1. The molecule has 2 rings (SSSR count). The van der Waals surface area contributed by atoms with Crippen LogP contribution in [0.1, 0.15) is 54.4 Å². The lowest BCUT2D eigenvalue weighted by molar-refractivity contribution is 1.04. The fourth-order valence-corrected chi connectivity index (χ4v) is 8.71. The van der Waals surface area contributed by atoms with E-state index in [0.29, 0.717) is 0 Å². The Labute approximate surface area is 153 Å². The molecule has 2 aliphatic carbocycles. The Bertz CT molecular complexity index is 492. The largest absolute Gasteiger partial charge is 0.0999 e. The Morgan fingerprint density at radius 1 is 0.708 bits per heavy atom. The van der Waals surface area contributed by atoms with Crippen molar-refractivity contribution in [2.24, 2.45) is 0 Å². The fourth-order valence-electron chi connectivity index (χ4n) is 4.36. The molecule has 0 saturated heterocycles. The second-order valence-corrected chi connectivity index (χ2v) is 13.3. The molecule has 0 N–H and O–H groups in total. The first-order chi connectivity index (χ1) is 11.6. The maximum atomic E-state index is 2.49. The first-order valence-corrected chi connectivity index (χ1v) is 13.4. The lowest BCUT2D eigenvalue weighted by Gasteiger charge is -2.27. The lowest BCUT2D eigenvalue weighted by atomic mass is 9.95. The molecular weight excluding hydrogens is 326 g/mol. The Morgan fingerprint density at radius 2 is 1.04 bits per heavy atom. The molecule has 0 saturated carbocycles. The van der Waals surface area contributed by atoms with E-state index in [1.54, 1.807) is 22.3 Å². The van der Waals surface area contributed by atoms with Gasteiger partial charge in [-0.25, -0.2) is 0 Å². The van der Waals surface area contributed by atoms with E-state index < -0.39 is 0 Å². The lowest BCUT2D eigenvalue weighted by Crippen LogP contribution is -2.11. The van der Waals surface area contributed by atoms with Crippen molar-refractivity contribution < 1.29 is 0 Å². The minimum Gasteiger partial charge on any atom is -0.0999 e. The van der Waals surface area contributed by atoms with Crippen molar-refractivity contribution in [2.45, 2.75) is 65.7 Å². The first kappa shape index (κ1) is 20.1. The number of hydrogen-bond donors (Lipinski definition) is 0. The summed E-state index contributed by atoms with van der Waals surface area (Å²) in [6.07, 6.45) is 17.5. The van der Waals surface area contributed by atoms with Crippen LogP contribution >= 0.6 is 15.8 Å². The summed E-state index contributed by atoms with van der Waals surface area (Å²) in [5, 5.41) is 0. The van der Waals surface area contributed by atoms with Crippen LogP contribution in [-0.2, 0) is 0 Å². The highest BCUT2D eigenvalue weighted by Gasteiger charge is 2.27. The maximum Gasteiger partial charge on any atom is 0.00161 e. The molecule has 0 aromatic carbocycles. The summed E-state index contributed by atoms with van der Waals surface area (Å²) in [7, 11) is 0.268. The van der Waals surface area contributed by atoms with Gasteiger partial charge in [0.15, 0.2) is 0 Å². The van der Waals surface area contributed by atoms with E-state index in [-0.39, 0.29) is 15.8 Å². The van der Waals surface area contributed by atoms with Crippen molar-refractivity contribution in [3.05, 3.63) is 46.6 Å². The van der Waals surface area contributed by atoms with Crippen molar-refractivity contribution in [1.29, 1.82) is 0 Å². The maximum absolute atomic E-state index is 2.49. The van der Waals surface area contributed by atoms with Gasteiger partial charge in [0.2, 0.25) is 0 Å². The van der Waals surface area contributed by atoms with Gasteiger partial charge in [-0.3, -0.25) is 0 Å². The number of allylic oxidation sites excluding steroid dienone is 8. The van der Waals surface area contributed by atoms with E-state index in [2.05, 4.69) is 65.8 Å². The third kappa shape index (κ3) is 4.14. The fraction of sp³-hybridized carbons (Fsp3) is 0.636. The third-order valence-corrected chi connectivity index (χ3v) is 11.9.